The molecule has 0 amide bonds. The highest BCUT2D eigenvalue weighted by Gasteiger charge is 2.42. The van der Waals surface area contributed by atoms with Crippen molar-refractivity contribution in [3.05, 3.63) is 71.3 Å². The van der Waals surface area contributed by atoms with Gasteiger partial charge in [0.1, 0.15) is 5.75 Å². The molecule has 0 unspecified atom stereocenters. The van der Waals surface area contributed by atoms with Crippen molar-refractivity contribution in [2.45, 2.75) is 43.3 Å². The molecule has 3 rings (SSSR count). The maximum Gasteiger partial charge on any atom is 0.161 e. The highest BCUT2D eigenvalue weighted by atomic mass is 32.2. The minimum Gasteiger partial charge on any atom is -0.298 e. The molecule has 1 aliphatic carbocycles. The number of carbonyl (C=O) groups is 1. The normalized spacial score (nSPS) is 16.4. The Hall–Kier alpha value is -2.45. The monoisotopic (exact) mass is 381 g/mol. The Morgan fingerprint density at radius 1 is 0.963 bits per heavy atom. The molecule has 0 bridgehead atoms. The van der Waals surface area contributed by atoms with E-state index in [0.717, 1.165) is 24.8 Å². The standard InChI is InChI=1S/C22H23NO3S/c23-15-18-9-11-19(12-10-18)16-27(25,26)17-21(24)22(13-5-2-6-14-22)20-7-3-1-4-8-20/h1,3-4,7-12H,2,5-6,13-14,16-17H2. The predicted molar refractivity (Wildman–Crippen MR) is 105 cm³/mol. The Kier molecular flexibility index (Phi) is 5.76. The molecule has 5 heteroatoms. The Balaban J connectivity index is 1.81. The van der Waals surface area contributed by atoms with Crippen LogP contribution in [0.1, 0.15) is 48.8 Å². The lowest BCUT2D eigenvalue weighted by atomic mass is 9.67. The Labute approximate surface area is 160 Å². The summed E-state index contributed by atoms with van der Waals surface area (Å²) in [4.78, 5) is 13.2. The number of nitriles is 1. The average Bonchev–Trinajstić information content (AvgIpc) is 2.69. The quantitative estimate of drug-likeness (QED) is 0.759. The topological polar surface area (TPSA) is 75.0 Å². The first kappa shape index (κ1) is 19.3. The summed E-state index contributed by atoms with van der Waals surface area (Å²) < 4.78 is 25.4. The van der Waals surface area contributed by atoms with Crippen LogP contribution >= 0.6 is 0 Å². The van der Waals surface area contributed by atoms with Gasteiger partial charge in [0.15, 0.2) is 15.6 Å². The first-order chi connectivity index (χ1) is 13.0. The third kappa shape index (κ3) is 4.45. The van der Waals surface area contributed by atoms with Gasteiger partial charge in [-0.2, -0.15) is 5.26 Å². The van der Waals surface area contributed by atoms with E-state index in [4.69, 9.17) is 5.26 Å². The van der Waals surface area contributed by atoms with Gasteiger partial charge in [0, 0.05) is 0 Å². The summed E-state index contributed by atoms with van der Waals surface area (Å²) in [5.74, 6) is -0.820. The van der Waals surface area contributed by atoms with E-state index in [1.54, 1.807) is 24.3 Å². The summed E-state index contributed by atoms with van der Waals surface area (Å²) in [7, 11) is -3.58. The molecule has 0 spiro atoms. The van der Waals surface area contributed by atoms with E-state index < -0.39 is 21.0 Å². The zero-order valence-corrected chi connectivity index (χ0v) is 16.0. The molecule has 0 atom stereocenters. The second-order valence-electron chi connectivity index (χ2n) is 7.27. The Bertz CT molecular complexity index is 935. The molecule has 0 aromatic heterocycles. The van der Waals surface area contributed by atoms with Gasteiger partial charge in [0.25, 0.3) is 0 Å². The van der Waals surface area contributed by atoms with Gasteiger partial charge >= 0.3 is 0 Å². The lowest BCUT2D eigenvalue weighted by Crippen LogP contribution is -2.41. The lowest BCUT2D eigenvalue weighted by molar-refractivity contribution is -0.123. The Morgan fingerprint density at radius 2 is 1.59 bits per heavy atom. The van der Waals surface area contributed by atoms with Crippen LogP contribution in [0.3, 0.4) is 0 Å². The molecule has 0 aliphatic heterocycles. The van der Waals surface area contributed by atoms with Crippen molar-refractivity contribution in [2.75, 3.05) is 5.75 Å². The van der Waals surface area contributed by atoms with Crippen LogP contribution in [-0.4, -0.2) is 20.0 Å². The second-order valence-corrected chi connectivity index (χ2v) is 9.34. The predicted octanol–water partition coefficient (Wildman–Crippen LogP) is 3.94. The molecule has 4 nitrogen and oxygen atoms in total. The molecule has 1 saturated carbocycles. The maximum atomic E-state index is 13.2. The van der Waals surface area contributed by atoms with Crippen LogP contribution in [0.4, 0.5) is 0 Å². The van der Waals surface area contributed by atoms with Crippen molar-refractivity contribution in [3.8, 4) is 6.07 Å². The van der Waals surface area contributed by atoms with Crippen molar-refractivity contribution in [2.24, 2.45) is 0 Å². The third-order valence-electron chi connectivity index (χ3n) is 5.39. The summed E-state index contributed by atoms with van der Waals surface area (Å²) in [6.07, 6.45) is 4.39. The number of benzene rings is 2. The average molecular weight is 381 g/mol. The summed E-state index contributed by atoms with van der Waals surface area (Å²) in [5, 5.41) is 8.85. The highest BCUT2D eigenvalue weighted by Crippen LogP contribution is 2.40. The molecule has 0 N–H and O–H groups in total. The van der Waals surface area contributed by atoms with E-state index >= 15 is 0 Å². The second kappa shape index (κ2) is 8.06. The van der Waals surface area contributed by atoms with Crippen molar-refractivity contribution in [1.82, 2.24) is 0 Å². The molecule has 1 aliphatic rings. The van der Waals surface area contributed by atoms with E-state index in [-0.39, 0.29) is 11.5 Å². The molecule has 0 heterocycles. The minimum atomic E-state index is -3.58. The van der Waals surface area contributed by atoms with Gasteiger partial charge in [0.05, 0.1) is 22.8 Å². The van der Waals surface area contributed by atoms with E-state index in [1.807, 2.05) is 36.4 Å². The molecular weight excluding hydrogens is 358 g/mol. The van der Waals surface area contributed by atoms with Crippen LogP contribution in [0, 0.1) is 11.3 Å². The van der Waals surface area contributed by atoms with Gasteiger partial charge in [-0.25, -0.2) is 8.42 Å². The van der Waals surface area contributed by atoms with Gasteiger partial charge in [0.2, 0.25) is 0 Å². The number of Topliss-reactive ketones (excluding diaryl/α,β-unsaturated/α-hetero) is 1. The van der Waals surface area contributed by atoms with Gasteiger partial charge < -0.3 is 0 Å². The first-order valence-corrected chi connectivity index (χ1v) is 11.1. The molecule has 27 heavy (non-hydrogen) atoms. The SMILES string of the molecule is N#Cc1ccc(CS(=O)(=O)CC(=O)C2(c3ccccc3)CCCCC2)cc1. The molecule has 2 aromatic carbocycles. The van der Waals surface area contributed by atoms with Crippen LogP contribution < -0.4 is 0 Å². The van der Waals surface area contributed by atoms with E-state index in [9.17, 15) is 13.2 Å². The van der Waals surface area contributed by atoms with Crippen LogP contribution in [0.25, 0.3) is 0 Å². The Morgan fingerprint density at radius 3 is 2.19 bits per heavy atom. The van der Waals surface area contributed by atoms with Gasteiger partial charge in [-0.3, -0.25) is 4.79 Å². The van der Waals surface area contributed by atoms with E-state index in [0.29, 0.717) is 24.0 Å². The van der Waals surface area contributed by atoms with E-state index in [1.165, 1.54) is 0 Å². The van der Waals surface area contributed by atoms with Crippen LogP contribution in [0.5, 0.6) is 0 Å². The molecule has 140 valence electrons. The van der Waals surface area contributed by atoms with Crippen LogP contribution in [-0.2, 0) is 25.8 Å². The maximum absolute atomic E-state index is 13.2. The number of nitrogens with zero attached hydrogens (tertiary/aromatic N) is 1. The zero-order chi connectivity index (χ0) is 19.3. The van der Waals surface area contributed by atoms with Gasteiger partial charge in [-0.15, -0.1) is 0 Å². The number of hydrogen-bond donors (Lipinski definition) is 0. The number of rotatable bonds is 6. The van der Waals surface area contributed by atoms with Crippen LogP contribution in [0.2, 0.25) is 0 Å². The number of sulfone groups is 1. The van der Waals surface area contributed by atoms with Gasteiger partial charge in [-0.05, 0) is 36.1 Å². The fraction of sp³-hybridized carbons (Fsp3) is 0.364. The molecular formula is C22H23NO3S. The first-order valence-electron chi connectivity index (χ1n) is 9.23. The summed E-state index contributed by atoms with van der Waals surface area (Å²) >= 11 is 0. The molecule has 2 aromatic rings. The number of carbonyl (C=O) groups excluding carboxylic acids is 1. The van der Waals surface area contributed by atoms with Crippen molar-refractivity contribution in [1.29, 1.82) is 5.26 Å². The largest absolute Gasteiger partial charge is 0.298 e. The number of ketones is 1. The zero-order valence-electron chi connectivity index (χ0n) is 15.2. The minimum absolute atomic E-state index is 0.185. The number of hydrogen-bond acceptors (Lipinski definition) is 4. The lowest BCUT2D eigenvalue weighted by Gasteiger charge is -2.36. The van der Waals surface area contributed by atoms with Gasteiger partial charge in [-0.1, -0.05) is 61.7 Å². The summed E-state index contributed by atoms with van der Waals surface area (Å²) in [6, 6.07) is 18.1. The van der Waals surface area contributed by atoms with Crippen LogP contribution in [0.15, 0.2) is 54.6 Å². The molecule has 0 saturated heterocycles. The van der Waals surface area contributed by atoms with Crippen molar-refractivity contribution >= 4 is 15.6 Å². The van der Waals surface area contributed by atoms with Crippen molar-refractivity contribution < 1.29 is 13.2 Å². The smallest absolute Gasteiger partial charge is 0.161 e. The fourth-order valence-corrected chi connectivity index (χ4v) is 5.44. The molecule has 1 fully saturated rings. The third-order valence-corrected chi connectivity index (χ3v) is 6.86. The highest BCUT2D eigenvalue weighted by molar-refractivity contribution is 7.91. The summed E-state index contributed by atoms with van der Waals surface area (Å²) in [5.41, 5.74) is 1.33. The summed E-state index contributed by atoms with van der Waals surface area (Å²) in [6.45, 7) is 0. The van der Waals surface area contributed by atoms with E-state index in [2.05, 4.69) is 0 Å². The molecule has 0 radical (unpaired) electrons. The fourth-order valence-electron chi connectivity index (χ4n) is 3.96. The van der Waals surface area contributed by atoms with Crippen molar-refractivity contribution in [3.63, 3.8) is 0 Å².